The highest BCUT2D eigenvalue weighted by atomic mass is 35.5. The molecule has 0 aliphatic rings. The van der Waals surface area contributed by atoms with Gasteiger partial charge in [-0.2, -0.15) is 0 Å². The number of anilines is 1. The largest absolute Gasteiger partial charge is 0.366 e. The topological polar surface area (TPSA) is 89.3 Å². The van der Waals surface area contributed by atoms with Crippen molar-refractivity contribution in [2.75, 3.05) is 5.32 Å². The van der Waals surface area contributed by atoms with Crippen LogP contribution in [0.4, 0.5) is 5.00 Å². The molecule has 0 aromatic carbocycles. The van der Waals surface area contributed by atoms with Gasteiger partial charge in [0, 0.05) is 13.8 Å². The van der Waals surface area contributed by atoms with E-state index in [-0.39, 0.29) is 11.1 Å². The highest BCUT2D eigenvalue weighted by molar-refractivity contribution is 7.14. The Kier molecular flexibility index (Phi) is 6.36. The number of rotatable bonds is 2. The van der Waals surface area contributed by atoms with Crippen LogP contribution in [0.1, 0.15) is 24.2 Å². The Balaban J connectivity index is 0.000000487. The minimum atomic E-state index is -0.528. The predicted octanol–water partition coefficient (Wildman–Crippen LogP) is 1.58. The quantitative estimate of drug-likeness (QED) is 0.793. The van der Waals surface area contributed by atoms with Crippen molar-refractivity contribution in [1.29, 1.82) is 0 Å². The number of hydrogen-bond donors (Lipinski definition) is 2. The zero-order valence-electron chi connectivity index (χ0n) is 8.74. The summed E-state index contributed by atoms with van der Waals surface area (Å²) in [6.07, 6.45) is 0. The van der Waals surface area contributed by atoms with Crippen molar-refractivity contribution < 1.29 is 14.4 Å². The van der Waals surface area contributed by atoms with Crippen LogP contribution in [-0.2, 0) is 9.59 Å². The normalized spacial score (nSPS) is 8.69. The highest BCUT2D eigenvalue weighted by Crippen LogP contribution is 2.22. The summed E-state index contributed by atoms with van der Waals surface area (Å²) in [4.78, 5) is 30.6. The van der Waals surface area contributed by atoms with E-state index in [1.807, 2.05) is 0 Å². The molecule has 1 rings (SSSR count). The van der Waals surface area contributed by atoms with E-state index in [1.165, 1.54) is 25.2 Å². The van der Waals surface area contributed by atoms with Crippen molar-refractivity contribution in [3.05, 3.63) is 17.0 Å². The Hall–Kier alpha value is -1.40. The van der Waals surface area contributed by atoms with Gasteiger partial charge in [0.15, 0.2) is 0 Å². The molecule has 3 N–H and O–H groups in total. The second kappa shape index (κ2) is 6.97. The van der Waals surface area contributed by atoms with Crippen LogP contribution in [0.5, 0.6) is 0 Å². The van der Waals surface area contributed by atoms with Crippen LogP contribution in [0, 0.1) is 0 Å². The zero-order valence-corrected chi connectivity index (χ0v) is 10.3. The van der Waals surface area contributed by atoms with Gasteiger partial charge in [-0.25, -0.2) is 0 Å². The molecule has 0 saturated heterocycles. The summed E-state index contributed by atoms with van der Waals surface area (Å²) < 4.78 is 0. The van der Waals surface area contributed by atoms with Crippen LogP contribution >= 0.6 is 22.9 Å². The highest BCUT2D eigenvalue weighted by Gasteiger charge is 2.09. The number of hydrogen-bond acceptors (Lipinski definition) is 4. The van der Waals surface area contributed by atoms with Gasteiger partial charge >= 0.3 is 0 Å². The summed E-state index contributed by atoms with van der Waals surface area (Å²) in [5.74, 6) is -0.736. The molecular formula is C9H11ClN2O3S. The molecule has 1 aromatic heterocycles. The van der Waals surface area contributed by atoms with E-state index in [1.54, 1.807) is 11.4 Å². The van der Waals surface area contributed by atoms with Gasteiger partial charge in [-0.1, -0.05) is 0 Å². The lowest BCUT2D eigenvalue weighted by atomic mass is 10.3. The summed E-state index contributed by atoms with van der Waals surface area (Å²) in [7, 11) is 0. The van der Waals surface area contributed by atoms with Crippen LogP contribution in [0.25, 0.3) is 0 Å². The maximum absolute atomic E-state index is 10.7. The van der Waals surface area contributed by atoms with Crippen molar-refractivity contribution in [2.45, 2.75) is 13.8 Å². The number of carbonyl (C=O) groups is 3. The van der Waals surface area contributed by atoms with E-state index in [0.29, 0.717) is 10.6 Å². The standard InChI is InChI=1S/C7H8N2O2S.C2H3ClO/c1-4(10)9-7-5(6(8)11)2-3-12-7;1-2(3)4/h2-3H,1H3,(H2,8,11)(H,9,10);1H3. The number of primary amides is 1. The Morgan fingerprint density at radius 2 is 1.88 bits per heavy atom. The third kappa shape index (κ3) is 6.15. The second-order valence-electron chi connectivity index (χ2n) is 2.68. The first-order valence-corrected chi connectivity index (χ1v) is 5.41. The van der Waals surface area contributed by atoms with E-state index >= 15 is 0 Å². The molecule has 0 aliphatic carbocycles. The Morgan fingerprint density at radius 1 is 1.38 bits per heavy atom. The molecular weight excluding hydrogens is 252 g/mol. The Bertz CT molecular complexity index is 399. The summed E-state index contributed by atoms with van der Waals surface area (Å²) >= 11 is 5.91. The summed E-state index contributed by atoms with van der Waals surface area (Å²) in [6, 6.07) is 1.58. The van der Waals surface area contributed by atoms with Crippen LogP contribution < -0.4 is 11.1 Å². The molecule has 16 heavy (non-hydrogen) atoms. The van der Waals surface area contributed by atoms with Gasteiger partial charge in [-0.15, -0.1) is 11.3 Å². The first-order chi connectivity index (χ1) is 7.34. The summed E-state index contributed by atoms with van der Waals surface area (Å²) in [5, 5.41) is 4.36. The van der Waals surface area contributed by atoms with Gasteiger partial charge in [0.05, 0.1) is 5.56 Å². The van der Waals surface area contributed by atoms with E-state index < -0.39 is 5.91 Å². The number of nitrogens with two attached hydrogens (primary N) is 1. The molecule has 1 aromatic rings. The van der Waals surface area contributed by atoms with E-state index in [4.69, 9.17) is 5.73 Å². The van der Waals surface area contributed by atoms with Crippen LogP contribution in [0.3, 0.4) is 0 Å². The van der Waals surface area contributed by atoms with Gasteiger partial charge < -0.3 is 11.1 Å². The van der Waals surface area contributed by atoms with E-state index in [0.717, 1.165) is 0 Å². The number of nitrogens with one attached hydrogen (secondary N) is 1. The molecule has 88 valence electrons. The first kappa shape index (κ1) is 14.6. The monoisotopic (exact) mass is 262 g/mol. The fraction of sp³-hybridized carbons (Fsp3) is 0.222. The van der Waals surface area contributed by atoms with Gasteiger partial charge in [0.25, 0.3) is 5.91 Å². The number of carbonyl (C=O) groups excluding carboxylic acids is 3. The minimum absolute atomic E-state index is 0.208. The second-order valence-corrected chi connectivity index (χ2v) is 4.13. The maximum Gasteiger partial charge on any atom is 0.251 e. The molecule has 1 heterocycles. The van der Waals surface area contributed by atoms with E-state index in [2.05, 4.69) is 16.9 Å². The van der Waals surface area contributed by atoms with Crippen molar-refractivity contribution in [3.63, 3.8) is 0 Å². The van der Waals surface area contributed by atoms with Gasteiger partial charge in [0.1, 0.15) is 5.00 Å². The molecule has 0 atom stereocenters. The number of halogens is 1. The van der Waals surface area contributed by atoms with E-state index in [9.17, 15) is 14.4 Å². The molecule has 0 unspecified atom stereocenters. The van der Waals surface area contributed by atoms with Crippen molar-refractivity contribution in [3.8, 4) is 0 Å². The fourth-order valence-corrected chi connectivity index (χ4v) is 1.60. The lowest BCUT2D eigenvalue weighted by Crippen LogP contribution is -2.14. The molecule has 0 spiro atoms. The minimum Gasteiger partial charge on any atom is -0.366 e. The predicted molar refractivity (Wildman–Crippen MR) is 63.7 cm³/mol. The van der Waals surface area contributed by atoms with Crippen molar-refractivity contribution in [2.24, 2.45) is 5.73 Å². The smallest absolute Gasteiger partial charge is 0.251 e. The molecule has 0 bridgehead atoms. The molecule has 0 radical (unpaired) electrons. The number of thiophene rings is 1. The molecule has 7 heteroatoms. The summed E-state index contributed by atoms with van der Waals surface area (Å²) in [5.41, 5.74) is 5.41. The maximum atomic E-state index is 10.7. The van der Waals surface area contributed by atoms with Gasteiger partial charge in [-0.05, 0) is 23.0 Å². The lowest BCUT2D eigenvalue weighted by molar-refractivity contribution is -0.114. The Morgan fingerprint density at radius 3 is 2.25 bits per heavy atom. The molecule has 5 nitrogen and oxygen atoms in total. The van der Waals surface area contributed by atoms with Gasteiger partial charge in [-0.3, -0.25) is 14.4 Å². The fourth-order valence-electron chi connectivity index (χ4n) is 0.760. The number of amides is 2. The van der Waals surface area contributed by atoms with Crippen molar-refractivity contribution >= 4 is 45.0 Å². The molecule has 0 saturated carbocycles. The molecule has 0 fully saturated rings. The van der Waals surface area contributed by atoms with Crippen LogP contribution in [0.15, 0.2) is 11.4 Å². The van der Waals surface area contributed by atoms with Crippen LogP contribution in [-0.4, -0.2) is 17.1 Å². The molecule has 2 amide bonds. The zero-order chi connectivity index (χ0) is 12.7. The first-order valence-electron chi connectivity index (χ1n) is 4.15. The van der Waals surface area contributed by atoms with Crippen molar-refractivity contribution in [1.82, 2.24) is 0 Å². The van der Waals surface area contributed by atoms with Gasteiger partial charge in [0.2, 0.25) is 11.1 Å². The van der Waals surface area contributed by atoms with Crippen LogP contribution in [0.2, 0.25) is 0 Å². The SMILES string of the molecule is CC(=O)Cl.CC(=O)Nc1sccc1C(N)=O. The lowest BCUT2D eigenvalue weighted by Gasteiger charge is -1.98. The summed E-state index contributed by atoms with van der Waals surface area (Å²) in [6.45, 7) is 2.67. The third-order valence-electron chi connectivity index (χ3n) is 1.22. The average Bonchev–Trinajstić information content (AvgIpc) is 2.49. The molecule has 0 aliphatic heterocycles. The third-order valence-corrected chi connectivity index (χ3v) is 2.05. The Labute approximate surface area is 102 Å². The average molecular weight is 263 g/mol.